The van der Waals surface area contributed by atoms with Gasteiger partial charge in [-0.05, 0) is 58.4 Å². The second-order valence-electron chi connectivity index (χ2n) is 4.01. The predicted octanol–water partition coefficient (Wildman–Crippen LogP) is 4.39. The van der Waals surface area contributed by atoms with Crippen LogP contribution in [0.25, 0.3) is 0 Å². The topological polar surface area (TPSA) is 26.3 Å². The van der Waals surface area contributed by atoms with Gasteiger partial charge in [0.15, 0.2) is 6.61 Å². The number of aryl methyl sites for hydroxylation is 1. The Morgan fingerprint density at radius 2 is 2.11 bits per heavy atom. The fourth-order valence-corrected chi connectivity index (χ4v) is 3.10. The van der Waals surface area contributed by atoms with E-state index in [1.54, 1.807) is 0 Å². The van der Waals surface area contributed by atoms with Gasteiger partial charge in [-0.1, -0.05) is 12.1 Å². The van der Waals surface area contributed by atoms with Crippen LogP contribution in [0.3, 0.4) is 0 Å². The molecule has 0 unspecified atom stereocenters. The van der Waals surface area contributed by atoms with E-state index >= 15 is 0 Å². The minimum absolute atomic E-state index is 0.00205. The van der Waals surface area contributed by atoms with Crippen molar-refractivity contribution < 1.29 is 9.53 Å². The van der Waals surface area contributed by atoms with Crippen molar-refractivity contribution in [2.75, 3.05) is 6.61 Å². The van der Waals surface area contributed by atoms with E-state index in [1.165, 1.54) is 11.3 Å². The lowest BCUT2D eigenvalue weighted by atomic mass is 10.1. The lowest BCUT2D eigenvalue weighted by Crippen LogP contribution is -2.11. The molecule has 0 fully saturated rings. The Kier molecular flexibility index (Phi) is 4.19. The zero-order valence-corrected chi connectivity index (χ0v) is 12.6. The molecule has 1 heterocycles. The molecule has 0 aliphatic heterocycles. The fraction of sp³-hybridized carbons (Fsp3) is 0.214. The van der Waals surface area contributed by atoms with E-state index in [-0.39, 0.29) is 12.4 Å². The third-order valence-electron chi connectivity index (χ3n) is 2.78. The van der Waals surface area contributed by atoms with Gasteiger partial charge in [-0.2, -0.15) is 0 Å². The van der Waals surface area contributed by atoms with Crippen LogP contribution >= 0.6 is 27.3 Å². The number of thiophene rings is 1. The molecule has 18 heavy (non-hydrogen) atoms. The van der Waals surface area contributed by atoms with Gasteiger partial charge >= 0.3 is 0 Å². The van der Waals surface area contributed by atoms with Gasteiger partial charge in [-0.3, -0.25) is 4.79 Å². The molecule has 0 saturated carbocycles. The molecule has 0 spiro atoms. The van der Waals surface area contributed by atoms with Crippen molar-refractivity contribution in [3.05, 3.63) is 50.1 Å². The molecule has 0 saturated heterocycles. The number of rotatable bonds is 4. The summed E-state index contributed by atoms with van der Waals surface area (Å²) in [5.41, 5.74) is 2.24. The van der Waals surface area contributed by atoms with E-state index in [0.717, 1.165) is 21.3 Å². The van der Waals surface area contributed by atoms with Crippen LogP contribution in [0.2, 0.25) is 0 Å². The number of hydrogen-bond donors (Lipinski definition) is 0. The van der Waals surface area contributed by atoms with Crippen LogP contribution in [-0.4, -0.2) is 12.4 Å². The van der Waals surface area contributed by atoms with E-state index in [4.69, 9.17) is 4.74 Å². The number of Topliss-reactive ketones (excluding diaryl/α,β-unsaturated/α-hetero) is 1. The Labute approximate surface area is 119 Å². The highest BCUT2D eigenvalue weighted by Gasteiger charge is 2.13. The molecular weight excluding hydrogens is 312 g/mol. The van der Waals surface area contributed by atoms with Crippen LogP contribution in [0.1, 0.15) is 20.8 Å². The third kappa shape index (κ3) is 2.82. The molecule has 0 N–H and O–H groups in total. The van der Waals surface area contributed by atoms with Crippen molar-refractivity contribution in [1.82, 2.24) is 0 Å². The maximum atomic E-state index is 12.0. The molecule has 1 aromatic heterocycles. The first-order chi connectivity index (χ1) is 8.59. The Bertz CT molecular complexity index is 575. The summed E-state index contributed by atoms with van der Waals surface area (Å²) in [5, 5.41) is 1.88. The molecule has 0 amide bonds. The summed E-state index contributed by atoms with van der Waals surface area (Å²) in [6.07, 6.45) is 0. The van der Waals surface area contributed by atoms with E-state index < -0.39 is 0 Å². The number of ketones is 1. The second kappa shape index (κ2) is 5.67. The van der Waals surface area contributed by atoms with Crippen LogP contribution in [0, 0.1) is 13.8 Å². The van der Waals surface area contributed by atoms with Crippen molar-refractivity contribution in [1.29, 1.82) is 0 Å². The van der Waals surface area contributed by atoms with Crippen molar-refractivity contribution in [3.8, 4) is 5.75 Å². The van der Waals surface area contributed by atoms with Gasteiger partial charge in [0.05, 0.1) is 4.88 Å². The molecule has 0 bridgehead atoms. The van der Waals surface area contributed by atoms with Gasteiger partial charge in [0.2, 0.25) is 5.78 Å². The molecule has 4 heteroatoms. The predicted molar refractivity (Wildman–Crippen MR) is 77.8 cm³/mol. The second-order valence-corrected chi connectivity index (χ2v) is 5.78. The first kappa shape index (κ1) is 13.3. The molecule has 1 aromatic carbocycles. The van der Waals surface area contributed by atoms with Gasteiger partial charge in [0, 0.05) is 4.47 Å². The quantitative estimate of drug-likeness (QED) is 0.780. The molecule has 2 aromatic rings. The summed E-state index contributed by atoms with van der Waals surface area (Å²) in [5.74, 6) is 0.772. The Morgan fingerprint density at radius 3 is 2.78 bits per heavy atom. The molecule has 0 aliphatic rings. The molecule has 94 valence electrons. The molecule has 0 atom stereocenters. The number of carbonyl (C=O) groups is 1. The summed E-state index contributed by atoms with van der Waals surface area (Å²) < 4.78 is 6.43. The zero-order chi connectivity index (χ0) is 13.1. The zero-order valence-electron chi connectivity index (χ0n) is 10.2. The van der Waals surface area contributed by atoms with E-state index in [0.29, 0.717) is 4.88 Å². The standard InChI is InChI=1S/C14H13BrO2S/c1-9-4-3-5-13(10(9)2)17-8-12(16)14-11(15)6-7-18-14/h3-7H,8H2,1-2H3. The molecule has 0 aliphatic carbocycles. The summed E-state index contributed by atoms with van der Waals surface area (Å²) in [7, 11) is 0. The van der Waals surface area contributed by atoms with Crippen molar-refractivity contribution in [2.24, 2.45) is 0 Å². The Morgan fingerprint density at radius 1 is 1.33 bits per heavy atom. The summed E-state index contributed by atoms with van der Waals surface area (Å²) in [4.78, 5) is 12.7. The van der Waals surface area contributed by atoms with Crippen molar-refractivity contribution >= 4 is 33.0 Å². The maximum Gasteiger partial charge on any atom is 0.211 e. The van der Waals surface area contributed by atoms with Gasteiger partial charge in [0.1, 0.15) is 5.75 Å². The van der Waals surface area contributed by atoms with Gasteiger partial charge in [-0.25, -0.2) is 0 Å². The Hall–Kier alpha value is -1.13. The largest absolute Gasteiger partial charge is 0.485 e. The molecule has 2 rings (SSSR count). The summed E-state index contributed by atoms with van der Waals surface area (Å²) in [6.45, 7) is 4.10. The summed E-state index contributed by atoms with van der Waals surface area (Å²) >= 11 is 4.78. The number of carbonyl (C=O) groups excluding carboxylic acids is 1. The van der Waals surface area contributed by atoms with Crippen molar-refractivity contribution in [3.63, 3.8) is 0 Å². The highest BCUT2D eigenvalue weighted by molar-refractivity contribution is 9.10. The van der Waals surface area contributed by atoms with Crippen LogP contribution in [0.4, 0.5) is 0 Å². The molecule has 2 nitrogen and oxygen atoms in total. The van der Waals surface area contributed by atoms with Crippen LogP contribution in [0.5, 0.6) is 5.75 Å². The highest BCUT2D eigenvalue weighted by atomic mass is 79.9. The number of benzene rings is 1. The number of ether oxygens (including phenoxy) is 1. The van der Waals surface area contributed by atoms with Crippen LogP contribution in [-0.2, 0) is 0 Å². The Balaban J connectivity index is 2.06. The van der Waals surface area contributed by atoms with E-state index in [9.17, 15) is 4.79 Å². The highest BCUT2D eigenvalue weighted by Crippen LogP contribution is 2.24. The van der Waals surface area contributed by atoms with E-state index in [2.05, 4.69) is 15.9 Å². The average molecular weight is 325 g/mol. The van der Waals surface area contributed by atoms with Crippen molar-refractivity contribution in [2.45, 2.75) is 13.8 Å². The van der Waals surface area contributed by atoms with Crippen LogP contribution < -0.4 is 4.74 Å². The lowest BCUT2D eigenvalue weighted by Gasteiger charge is -2.09. The van der Waals surface area contributed by atoms with Gasteiger partial charge < -0.3 is 4.74 Å². The monoisotopic (exact) mass is 324 g/mol. The normalized spacial score (nSPS) is 10.4. The van der Waals surface area contributed by atoms with Gasteiger partial charge in [-0.15, -0.1) is 11.3 Å². The van der Waals surface area contributed by atoms with E-state index in [1.807, 2.05) is 43.5 Å². The average Bonchev–Trinajstić information content (AvgIpc) is 2.77. The molecular formula is C14H13BrO2S. The minimum atomic E-state index is -0.00205. The van der Waals surface area contributed by atoms with Crippen LogP contribution in [0.15, 0.2) is 34.1 Å². The first-order valence-electron chi connectivity index (χ1n) is 5.55. The SMILES string of the molecule is Cc1cccc(OCC(=O)c2sccc2Br)c1C. The number of halogens is 1. The maximum absolute atomic E-state index is 12.0. The van der Waals surface area contributed by atoms with Gasteiger partial charge in [0.25, 0.3) is 0 Å². The number of hydrogen-bond acceptors (Lipinski definition) is 3. The third-order valence-corrected chi connectivity index (χ3v) is 4.66. The first-order valence-corrected chi connectivity index (χ1v) is 7.22. The smallest absolute Gasteiger partial charge is 0.211 e. The molecule has 0 radical (unpaired) electrons. The minimum Gasteiger partial charge on any atom is -0.485 e. The fourth-order valence-electron chi connectivity index (χ4n) is 1.58. The lowest BCUT2D eigenvalue weighted by molar-refractivity contribution is 0.0924. The summed E-state index contributed by atoms with van der Waals surface area (Å²) in [6, 6.07) is 7.72.